The van der Waals surface area contributed by atoms with Gasteiger partial charge in [0.2, 0.25) is 0 Å². The molecule has 0 aliphatic rings. The van der Waals surface area contributed by atoms with Crippen molar-refractivity contribution in [2.75, 3.05) is 20.4 Å². The second kappa shape index (κ2) is 10.3. The highest BCUT2D eigenvalue weighted by molar-refractivity contribution is 7.79. The minimum Gasteiger partial charge on any atom is -0.305 e. The molecule has 0 spiro atoms. The van der Waals surface area contributed by atoms with Gasteiger partial charge < -0.3 is 4.90 Å². The Bertz CT molecular complexity index is 55.1. The fourth-order valence-electron chi connectivity index (χ4n) is 0. The summed E-state index contributed by atoms with van der Waals surface area (Å²) in [5.41, 5.74) is 0.333. The smallest absolute Gasteiger partial charge is 0.0118 e. The van der Waals surface area contributed by atoms with Crippen LogP contribution in [0, 0.1) is 0 Å². The fourth-order valence-corrected chi connectivity index (χ4v) is 0. The molecule has 0 amide bonds. The molecule has 0 N–H and O–H groups in total. The van der Waals surface area contributed by atoms with Crippen molar-refractivity contribution in [3.05, 3.63) is 0 Å². The quantitative estimate of drug-likeness (QED) is 0.560. The molecule has 1 nitrogen and oxygen atoms in total. The van der Waals surface area contributed by atoms with E-state index in [0.29, 0.717) is 5.54 Å². The molecule has 0 aromatic heterocycles. The molecule has 0 aliphatic carbocycles. The third kappa shape index (κ3) is 17.9. The Balaban J connectivity index is -0.000000138. The summed E-state index contributed by atoms with van der Waals surface area (Å²) < 4.78 is 0. The third-order valence-electron chi connectivity index (χ3n) is 1.34. The van der Waals surface area contributed by atoms with E-state index in [4.69, 9.17) is 0 Å². The zero-order valence-electron chi connectivity index (χ0n) is 9.39. The van der Waals surface area contributed by atoms with Gasteiger partial charge in [-0.1, -0.05) is 13.8 Å². The van der Waals surface area contributed by atoms with Crippen molar-refractivity contribution in [3.8, 4) is 0 Å². The second-order valence-corrected chi connectivity index (χ2v) is 3.07. The van der Waals surface area contributed by atoms with Crippen LogP contribution in [-0.2, 0) is 0 Å². The molecule has 0 fully saturated rings. The highest BCUT2D eigenvalue weighted by Crippen LogP contribution is 2.05. The van der Waals surface area contributed by atoms with Gasteiger partial charge >= 0.3 is 0 Å². The molecule has 11 heavy (non-hydrogen) atoms. The average Bonchev–Trinajstić information content (AvgIpc) is 1.95. The number of hydrogen-bond acceptors (Lipinski definition) is 2. The monoisotopic (exact) mass is 179 g/mol. The number of nitrogens with zero attached hydrogens (tertiary/aromatic N) is 1. The van der Waals surface area contributed by atoms with Gasteiger partial charge in [0, 0.05) is 5.54 Å². The Morgan fingerprint density at radius 1 is 0.909 bits per heavy atom. The molecule has 0 heterocycles. The van der Waals surface area contributed by atoms with Crippen LogP contribution in [0.3, 0.4) is 0 Å². The summed E-state index contributed by atoms with van der Waals surface area (Å²) in [6.07, 6.45) is 1.69. The van der Waals surface area contributed by atoms with Gasteiger partial charge in [0.1, 0.15) is 0 Å². The van der Waals surface area contributed by atoms with Crippen molar-refractivity contribution in [1.82, 2.24) is 4.90 Å². The van der Waals surface area contributed by atoms with Gasteiger partial charge in [0.05, 0.1) is 0 Å². The molecule has 2 heteroatoms. The summed E-state index contributed by atoms with van der Waals surface area (Å²) >= 11 is 3.53. The van der Waals surface area contributed by atoms with Crippen molar-refractivity contribution < 1.29 is 0 Å². The van der Waals surface area contributed by atoms with Gasteiger partial charge in [-0.25, -0.2) is 0 Å². The van der Waals surface area contributed by atoms with Crippen LogP contribution in [0.25, 0.3) is 0 Å². The molecular formula is C9H25NS. The molecule has 0 bridgehead atoms. The number of hydrogen-bond donors (Lipinski definition) is 1. The van der Waals surface area contributed by atoms with E-state index in [-0.39, 0.29) is 0 Å². The first-order chi connectivity index (χ1) is 4.94. The first-order valence-corrected chi connectivity index (χ1v) is 4.96. The molecule has 0 radical (unpaired) electrons. The normalized spacial score (nSPS) is 9.27. The lowest BCUT2D eigenvalue weighted by Gasteiger charge is -2.27. The first kappa shape index (κ1) is 17.4. The molecule has 0 saturated heterocycles. The standard InChI is InChI=1S/C6H15N.C2H6.CH4S/c1-6(2,3)7(4)5;2*1-2/h1-5H3;1-2H3;2H,1H3. The van der Waals surface area contributed by atoms with Crippen LogP contribution in [0.15, 0.2) is 0 Å². The van der Waals surface area contributed by atoms with Crippen molar-refractivity contribution in [2.24, 2.45) is 0 Å². The van der Waals surface area contributed by atoms with E-state index in [0.717, 1.165) is 0 Å². The predicted octanol–water partition coefficient (Wildman–Crippen LogP) is 2.92. The summed E-state index contributed by atoms with van der Waals surface area (Å²) in [6.45, 7) is 10.6. The van der Waals surface area contributed by atoms with Crippen LogP contribution in [0.5, 0.6) is 0 Å². The second-order valence-electron chi connectivity index (χ2n) is 3.07. The topological polar surface area (TPSA) is 3.24 Å². The zero-order valence-corrected chi connectivity index (χ0v) is 10.3. The van der Waals surface area contributed by atoms with E-state index in [1.165, 1.54) is 0 Å². The van der Waals surface area contributed by atoms with Crippen LogP contribution < -0.4 is 0 Å². The molecule has 72 valence electrons. The largest absolute Gasteiger partial charge is 0.305 e. The van der Waals surface area contributed by atoms with E-state index in [1.807, 2.05) is 13.8 Å². The maximum atomic E-state index is 3.53. The van der Waals surface area contributed by atoms with Crippen molar-refractivity contribution in [2.45, 2.75) is 40.2 Å². The van der Waals surface area contributed by atoms with Crippen molar-refractivity contribution in [1.29, 1.82) is 0 Å². The molecule has 0 aliphatic heterocycles. The lowest BCUT2D eigenvalue weighted by atomic mass is 10.1. The SMILES string of the molecule is CC.CN(C)C(C)(C)C.CS. The average molecular weight is 179 g/mol. The van der Waals surface area contributed by atoms with E-state index in [1.54, 1.807) is 6.26 Å². The number of rotatable bonds is 0. The summed E-state index contributed by atoms with van der Waals surface area (Å²) in [5.74, 6) is 0. The van der Waals surface area contributed by atoms with Crippen LogP contribution in [-0.4, -0.2) is 30.8 Å². The molecule has 0 aromatic carbocycles. The molecule has 0 atom stereocenters. The minimum absolute atomic E-state index is 0.333. The molecular weight excluding hydrogens is 154 g/mol. The zero-order chi connectivity index (χ0) is 10.1. The van der Waals surface area contributed by atoms with Gasteiger partial charge in [-0.2, -0.15) is 12.6 Å². The van der Waals surface area contributed by atoms with Gasteiger partial charge in [-0.05, 0) is 41.1 Å². The highest BCUT2D eigenvalue weighted by Gasteiger charge is 2.10. The molecule has 0 rings (SSSR count). The van der Waals surface area contributed by atoms with E-state index < -0.39 is 0 Å². The first-order valence-electron chi connectivity index (χ1n) is 4.07. The summed E-state index contributed by atoms with van der Waals surface area (Å²) in [5, 5.41) is 0. The summed E-state index contributed by atoms with van der Waals surface area (Å²) in [4.78, 5) is 2.19. The Morgan fingerprint density at radius 2 is 1.00 bits per heavy atom. The lowest BCUT2D eigenvalue weighted by Crippen LogP contribution is -2.34. The Kier molecular flexibility index (Phi) is 16.3. The molecule has 0 aromatic rings. The summed E-state index contributed by atoms with van der Waals surface area (Å²) in [6, 6.07) is 0. The van der Waals surface area contributed by atoms with Crippen LogP contribution in [0.2, 0.25) is 0 Å². The summed E-state index contributed by atoms with van der Waals surface area (Å²) in [7, 11) is 4.17. The van der Waals surface area contributed by atoms with Crippen LogP contribution >= 0.6 is 12.6 Å². The van der Waals surface area contributed by atoms with Gasteiger partial charge in [-0.15, -0.1) is 0 Å². The van der Waals surface area contributed by atoms with Gasteiger partial charge in [-0.3, -0.25) is 0 Å². The Labute approximate surface area is 78.6 Å². The molecule has 0 unspecified atom stereocenters. The fraction of sp³-hybridized carbons (Fsp3) is 1.00. The van der Waals surface area contributed by atoms with E-state index >= 15 is 0 Å². The van der Waals surface area contributed by atoms with E-state index in [2.05, 4.69) is 52.4 Å². The minimum atomic E-state index is 0.333. The van der Waals surface area contributed by atoms with Crippen molar-refractivity contribution >= 4 is 12.6 Å². The maximum absolute atomic E-state index is 3.53. The number of thiol groups is 1. The van der Waals surface area contributed by atoms with Crippen LogP contribution in [0.1, 0.15) is 34.6 Å². The Morgan fingerprint density at radius 3 is 1.00 bits per heavy atom. The molecule has 0 saturated carbocycles. The van der Waals surface area contributed by atoms with Crippen molar-refractivity contribution in [3.63, 3.8) is 0 Å². The van der Waals surface area contributed by atoms with Gasteiger partial charge in [0.25, 0.3) is 0 Å². The lowest BCUT2D eigenvalue weighted by molar-refractivity contribution is 0.219. The Hall–Kier alpha value is 0.310. The van der Waals surface area contributed by atoms with Gasteiger partial charge in [0.15, 0.2) is 0 Å². The third-order valence-corrected chi connectivity index (χ3v) is 1.34. The van der Waals surface area contributed by atoms with Crippen LogP contribution in [0.4, 0.5) is 0 Å². The van der Waals surface area contributed by atoms with E-state index in [9.17, 15) is 0 Å². The highest BCUT2D eigenvalue weighted by atomic mass is 32.1. The maximum Gasteiger partial charge on any atom is 0.0118 e. The predicted molar refractivity (Wildman–Crippen MR) is 59.7 cm³/mol.